The van der Waals surface area contributed by atoms with Crippen molar-refractivity contribution in [1.82, 2.24) is 0 Å². The van der Waals surface area contributed by atoms with Gasteiger partial charge in [0.15, 0.2) is 5.82 Å². The molecule has 0 saturated carbocycles. The Hall–Kier alpha value is -1.69. The van der Waals surface area contributed by atoms with Crippen LogP contribution in [0.5, 0.6) is 0 Å². The lowest BCUT2D eigenvalue weighted by atomic mass is 10.2. The van der Waals surface area contributed by atoms with Crippen LogP contribution in [0.15, 0.2) is 17.1 Å². The number of aliphatic imine (C=N–C) groups is 1. The molecule has 1 rings (SSSR count). The maximum absolute atomic E-state index is 13.0. The average molecular weight is 197 g/mol. The highest BCUT2D eigenvalue weighted by molar-refractivity contribution is 6.33. The second kappa shape index (κ2) is 3.81. The topological polar surface area (TPSA) is 53.2 Å². The first-order valence-corrected chi connectivity index (χ1v) is 3.54. The monoisotopic (exact) mass is 196 g/mol. The molecule has 0 bridgehead atoms. The number of rotatable bonds is 1. The van der Waals surface area contributed by atoms with E-state index in [2.05, 4.69) is 4.99 Å². The maximum atomic E-state index is 13.0. The zero-order valence-electron chi connectivity index (χ0n) is 6.21. The highest BCUT2D eigenvalue weighted by Gasteiger charge is 2.08. The van der Waals surface area contributed by atoms with Crippen molar-refractivity contribution in [3.05, 3.63) is 28.5 Å². The van der Waals surface area contributed by atoms with Crippen molar-refractivity contribution in [2.45, 2.75) is 0 Å². The average Bonchev–Trinajstić information content (AvgIpc) is 2.11. The van der Waals surface area contributed by atoms with Crippen molar-refractivity contribution in [1.29, 1.82) is 5.26 Å². The van der Waals surface area contributed by atoms with Crippen LogP contribution in [0.25, 0.3) is 0 Å². The summed E-state index contributed by atoms with van der Waals surface area (Å²) in [4.78, 5) is 12.9. The Morgan fingerprint density at radius 1 is 1.54 bits per heavy atom. The minimum absolute atomic E-state index is 0.0762. The number of hydrogen-bond acceptors (Lipinski definition) is 3. The molecule has 1 aromatic carbocycles. The summed E-state index contributed by atoms with van der Waals surface area (Å²) in [5, 5.41) is 8.34. The molecule has 5 heteroatoms. The van der Waals surface area contributed by atoms with Gasteiger partial charge in [0.05, 0.1) is 16.7 Å². The molecule has 0 saturated heterocycles. The van der Waals surface area contributed by atoms with Crippen LogP contribution >= 0.6 is 11.6 Å². The molecule has 0 N–H and O–H groups in total. The molecule has 0 radical (unpaired) electrons. The van der Waals surface area contributed by atoms with Crippen molar-refractivity contribution in [3.63, 3.8) is 0 Å². The Kier molecular flexibility index (Phi) is 2.76. The van der Waals surface area contributed by atoms with Crippen molar-refractivity contribution < 1.29 is 9.18 Å². The Morgan fingerprint density at radius 3 is 2.69 bits per heavy atom. The molecule has 0 amide bonds. The third-order valence-electron chi connectivity index (χ3n) is 1.30. The molecular formula is C8H2ClFN2O. The summed E-state index contributed by atoms with van der Waals surface area (Å²) in [5.74, 6) is -0.813. The van der Waals surface area contributed by atoms with Crippen molar-refractivity contribution in [3.8, 4) is 6.07 Å². The van der Waals surface area contributed by atoms with Gasteiger partial charge in [-0.05, 0) is 12.1 Å². The molecule has 0 unspecified atom stereocenters. The summed E-state index contributed by atoms with van der Waals surface area (Å²) in [5.41, 5.74) is -0.219. The van der Waals surface area contributed by atoms with Gasteiger partial charge in [-0.25, -0.2) is 9.18 Å². The minimum Gasteiger partial charge on any atom is -0.211 e. The summed E-state index contributed by atoms with van der Waals surface area (Å²) in [6, 6.07) is 3.88. The number of nitriles is 1. The van der Waals surface area contributed by atoms with Crippen LogP contribution in [0, 0.1) is 17.1 Å². The predicted molar refractivity (Wildman–Crippen MR) is 43.9 cm³/mol. The fourth-order valence-corrected chi connectivity index (χ4v) is 1.03. The van der Waals surface area contributed by atoms with E-state index in [0.717, 1.165) is 6.07 Å². The van der Waals surface area contributed by atoms with E-state index in [1.54, 1.807) is 6.07 Å². The van der Waals surface area contributed by atoms with Gasteiger partial charge in [-0.15, -0.1) is 0 Å². The van der Waals surface area contributed by atoms with E-state index in [1.165, 1.54) is 12.1 Å². The number of halogens is 2. The van der Waals surface area contributed by atoms with E-state index in [1.807, 2.05) is 0 Å². The van der Waals surface area contributed by atoms with Crippen LogP contribution in [0.1, 0.15) is 5.56 Å². The van der Waals surface area contributed by atoms with E-state index >= 15 is 0 Å². The first-order chi connectivity index (χ1) is 6.19. The highest BCUT2D eigenvalue weighted by Crippen LogP contribution is 2.28. The van der Waals surface area contributed by atoms with Gasteiger partial charge in [0.1, 0.15) is 5.69 Å². The molecule has 3 nitrogen and oxygen atoms in total. The molecule has 0 aliphatic rings. The third-order valence-corrected chi connectivity index (χ3v) is 1.59. The Balaban J connectivity index is 3.41. The fraction of sp³-hybridized carbons (Fsp3) is 0. The first kappa shape index (κ1) is 9.40. The normalized spacial score (nSPS) is 8.69. The molecule has 13 heavy (non-hydrogen) atoms. The molecule has 0 aliphatic heterocycles. The lowest BCUT2D eigenvalue weighted by molar-refractivity contribution is 0.564. The predicted octanol–water partition coefficient (Wildman–Crippen LogP) is 2.32. The molecule has 64 valence electrons. The van der Waals surface area contributed by atoms with E-state index < -0.39 is 5.82 Å². The van der Waals surface area contributed by atoms with Crippen LogP contribution in [0.2, 0.25) is 5.02 Å². The molecular weight excluding hydrogens is 195 g/mol. The highest BCUT2D eigenvalue weighted by atomic mass is 35.5. The van der Waals surface area contributed by atoms with E-state index in [-0.39, 0.29) is 16.3 Å². The van der Waals surface area contributed by atoms with Gasteiger partial charge in [0, 0.05) is 0 Å². The Bertz CT molecular complexity index is 409. The second-order valence-electron chi connectivity index (χ2n) is 2.10. The van der Waals surface area contributed by atoms with E-state index in [0.29, 0.717) is 0 Å². The smallest absolute Gasteiger partial charge is 0.211 e. The number of isocyanates is 1. The standard InChI is InChI=1S/C8H2ClFN2O/c9-6-1-5(3-11)2-7(10)8(6)12-4-13/h1-2H. The Morgan fingerprint density at radius 2 is 2.23 bits per heavy atom. The van der Waals surface area contributed by atoms with Crippen molar-refractivity contribution in [2.24, 2.45) is 4.99 Å². The Labute approximate surface area is 78.1 Å². The van der Waals surface area contributed by atoms with Gasteiger partial charge >= 0.3 is 0 Å². The lowest BCUT2D eigenvalue weighted by Crippen LogP contribution is -1.81. The summed E-state index contributed by atoms with van der Waals surface area (Å²) in [6.07, 6.45) is 1.17. The summed E-state index contributed by atoms with van der Waals surface area (Å²) < 4.78 is 13.0. The first-order valence-electron chi connectivity index (χ1n) is 3.16. The molecule has 0 fully saturated rings. The van der Waals surface area contributed by atoms with Crippen molar-refractivity contribution in [2.75, 3.05) is 0 Å². The van der Waals surface area contributed by atoms with E-state index in [9.17, 15) is 9.18 Å². The number of carbonyl (C=O) groups excluding carboxylic acids is 1. The van der Waals surface area contributed by atoms with Crippen LogP contribution in [-0.4, -0.2) is 6.08 Å². The fourth-order valence-electron chi connectivity index (χ4n) is 0.783. The summed E-state index contributed by atoms with van der Waals surface area (Å²) in [6.45, 7) is 0. The third kappa shape index (κ3) is 1.91. The molecule has 0 heterocycles. The molecule has 0 atom stereocenters. The van der Waals surface area contributed by atoms with Crippen molar-refractivity contribution >= 4 is 23.4 Å². The molecule has 0 aromatic heterocycles. The second-order valence-corrected chi connectivity index (χ2v) is 2.51. The SMILES string of the molecule is N#Cc1cc(F)c(N=C=O)c(Cl)c1. The molecule has 0 aliphatic carbocycles. The number of benzene rings is 1. The van der Waals surface area contributed by atoms with Crippen LogP contribution in [0.3, 0.4) is 0 Å². The maximum Gasteiger partial charge on any atom is 0.240 e. The van der Waals surface area contributed by atoms with Gasteiger partial charge in [-0.3, -0.25) is 0 Å². The van der Waals surface area contributed by atoms with Gasteiger partial charge in [-0.2, -0.15) is 10.3 Å². The lowest BCUT2D eigenvalue weighted by Gasteiger charge is -1.97. The van der Waals surface area contributed by atoms with E-state index in [4.69, 9.17) is 16.9 Å². The number of nitrogens with zero attached hydrogens (tertiary/aromatic N) is 2. The van der Waals surface area contributed by atoms with Gasteiger partial charge in [0.2, 0.25) is 6.08 Å². The van der Waals surface area contributed by atoms with Crippen LogP contribution in [0.4, 0.5) is 10.1 Å². The zero-order valence-corrected chi connectivity index (χ0v) is 6.97. The number of hydrogen-bond donors (Lipinski definition) is 0. The summed E-state index contributed by atoms with van der Waals surface area (Å²) >= 11 is 5.53. The van der Waals surface area contributed by atoms with Gasteiger partial charge in [0.25, 0.3) is 0 Å². The molecule has 0 spiro atoms. The summed E-state index contributed by atoms with van der Waals surface area (Å²) in [7, 11) is 0. The molecule has 1 aromatic rings. The van der Waals surface area contributed by atoms with Crippen LogP contribution in [-0.2, 0) is 4.79 Å². The minimum atomic E-state index is -0.813. The van der Waals surface area contributed by atoms with Gasteiger partial charge in [-0.1, -0.05) is 11.6 Å². The largest absolute Gasteiger partial charge is 0.240 e. The quantitative estimate of drug-likeness (QED) is 0.511. The zero-order chi connectivity index (χ0) is 9.84. The van der Waals surface area contributed by atoms with Crippen LogP contribution < -0.4 is 0 Å². The van der Waals surface area contributed by atoms with Gasteiger partial charge < -0.3 is 0 Å².